The van der Waals surface area contributed by atoms with E-state index < -0.39 is 21.7 Å². The van der Waals surface area contributed by atoms with Gasteiger partial charge in [-0.05, 0) is 31.9 Å². The zero-order chi connectivity index (χ0) is 15.6. The second-order valence-electron chi connectivity index (χ2n) is 5.27. The van der Waals surface area contributed by atoms with Crippen molar-refractivity contribution < 1.29 is 23.1 Å². The fourth-order valence-corrected chi connectivity index (χ4v) is 3.82. The summed E-state index contributed by atoms with van der Waals surface area (Å²) in [6, 6.07) is 4.76. The first-order valence-electron chi connectivity index (χ1n) is 6.64. The van der Waals surface area contributed by atoms with E-state index in [0.717, 1.165) is 5.56 Å². The largest absolute Gasteiger partial charge is 0.478 e. The molecule has 0 aromatic heterocycles. The number of carbonyl (C=O) groups is 2. The number of carboxylic acids is 1. The zero-order valence-corrected chi connectivity index (χ0v) is 12.4. The number of aromatic carboxylic acids is 1. The summed E-state index contributed by atoms with van der Waals surface area (Å²) in [5.74, 6) is -1.82. The normalized spacial score (nSPS) is 18.1. The van der Waals surface area contributed by atoms with Gasteiger partial charge in [0.15, 0.2) is 0 Å². The Bertz CT molecular complexity index is 667. The molecule has 1 amide bonds. The molecule has 1 heterocycles. The standard InChI is InChI=1S/C14H17NO5S/c1-9-2-3-12(11(8-9)14(17)18)15-13(16)10-4-6-21(19,20)7-5-10/h2-3,8,10H,4-7H2,1H3,(H,15,16)(H,17,18). The van der Waals surface area contributed by atoms with Gasteiger partial charge in [0.05, 0.1) is 22.8 Å². The molecular weight excluding hydrogens is 294 g/mol. The second-order valence-corrected chi connectivity index (χ2v) is 7.57. The average molecular weight is 311 g/mol. The van der Waals surface area contributed by atoms with Gasteiger partial charge in [-0.3, -0.25) is 4.79 Å². The fraction of sp³-hybridized carbons (Fsp3) is 0.429. The van der Waals surface area contributed by atoms with Crippen molar-refractivity contribution in [3.63, 3.8) is 0 Å². The molecule has 0 bridgehead atoms. The molecular formula is C14H17NO5S. The highest BCUT2D eigenvalue weighted by Crippen LogP contribution is 2.23. The van der Waals surface area contributed by atoms with Crippen LogP contribution in [-0.2, 0) is 14.6 Å². The van der Waals surface area contributed by atoms with Crippen LogP contribution >= 0.6 is 0 Å². The number of carboxylic acid groups (broad SMARTS) is 1. The molecule has 1 aromatic carbocycles. The maximum atomic E-state index is 12.1. The number of rotatable bonds is 3. The Morgan fingerprint density at radius 1 is 1.24 bits per heavy atom. The van der Waals surface area contributed by atoms with Crippen molar-refractivity contribution in [3.8, 4) is 0 Å². The van der Waals surface area contributed by atoms with Gasteiger partial charge in [-0.2, -0.15) is 0 Å². The second kappa shape index (κ2) is 5.85. The lowest BCUT2D eigenvalue weighted by Gasteiger charge is -2.21. The number of nitrogens with one attached hydrogen (secondary N) is 1. The fourth-order valence-electron chi connectivity index (χ4n) is 2.33. The Morgan fingerprint density at radius 2 is 1.86 bits per heavy atom. The van der Waals surface area contributed by atoms with Crippen LogP contribution in [0.15, 0.2) is 18.2 Å². The van der Waals surface area contributed by atoms with Crippen molar-refractivity contribution in [1.29, 1.82) is 0 Å². The number of benzene rings is 1. The molecule has 6 nitrogen and oxygen atoms in total. The molecule has 1 aromatic rings. The number of hydrogen-bond acceptors (Lipinski definition) is 4. The molecule has 114 valence electrons. The van der Waals surface area contributed by atoms with Crippen molar-refractivity contribution >= 4 is 27.4 Å². The van der Waals surface area contributed by atoms with Gasteiger partial charge in [0, 0.05) is 5.92 Å². The zero-order valence-electron chi connectivity index (χ0n) is 11.6. The lowest BCUT2D eigenvalue weighted by molar-refractivity contribution is -0.120. The van der Waals surface area contributed by atoms with Crippen LogP contribution in [-0.4, -0.2) is 36.9 Å². The van der Waals surface area contributed by atoms with Crippen molar-refractivity contribution in [2.75, 3.05) is 16.8 Å². The molecule has 0 radical (unpaired) electrons. The summed E-state index contributed by atoms with van der Waals surface area (Å²) < 4.78 is 22.7. The molecule has 1 saturated heterocycles. The number of aryl methyl sites for hydroxylation is 1. The van der Waals surface area contributed by atoms with E-state index in [0.29, 0.717) is 0 Å². The summed E-state index contributed by atoms with van der Waals surface area (Å²) in [6.45, 7) is 1.77. The summed E-state index contributed by atoms with van der Waals surface area (Å²) in [5.41, 5.74) is 1.06. The first kappa shape index (κ1) is 15.5. The monoisotopic (exact) mass is 311 g/mol. The summed E-state index contributed by atoms with van der Waals surface area (Å²) in [6.07, 6.45) is 0.560. The highest BCUT2D eigenvalue weighted by atomic mass is 32.2. The first-order chi connectivity index (χ1) is 9.78. The van der Waals surface area contributed by atoms with Crippen LogP contribution in [0.1, 0.15) is 28.8 Å². The van der Waals surface area contributed by atoms with Crippen LogP contribution in [0.25, 0.3) is 0 Å². The molecule has 2 N–H and O–H groups in total. The van der Waals surface area contributed by atoms with Crippen molar-refractivity contribution in [2.45, 2.75) is 19.8 Å². The van der Waals surface area contributed by atoms with E-state index in [-0.39, 0.29) is 41.5 Å². The maximum absolute atomic E-state index is 12.1. The van der Waals surface area contributed by atoms with Gasteiger partial charge in [-0.1, -0.05) is 11.6 Å². The number of sulfone groups is 1. The van der Waals surface area contributed by atoms with E-state index in [1.807, 2.05) is 0 Å². The van der Waals surface area contributed by atoms with Crippen LogP contribution in [0.5, 0.6) is 0 Å². The Morgan fingerprint density at radius 3 is 2.43 bits per heavy atom. The van der Waals surface area contributed by atoms with Gasteiger partial charge in [-0.15, -0.1) is 0 Å². The predicted molar refractivity (Wildman–Crippen MR) is 78.1 cm³/mol. The minimum atomic E-state index is -3.02. The van der Waals surface area contributed by atoms with Gasteiger partial charge in [0.2, 0.25) is 5.91 Å². The topological polar surface area (TPSA) is 101 Å². The molecule has 0 unspecified atom stereocenters. The summed E-state index contributed by atoms with van der Waals surface area (Å²) >= 11 is 0. The number of anilines is 1. The quantitative estimate of drug-likeness (QED) is 0.880. The first-order valence-corrected chi connectivity index (χ1v) is 8.46. The Hall–Kier alpha value is -1.89. The van der Waals surface area contributed by atoms with Crippen molar-refractivity contribution in [2.24, 2.45) is 5.92 Å². The van der Waals surface area contributed by atoms with E-state index in [9.17, 15) is 18.0 Å². The number of amides is 1. The van der Waals surface area contributed by atoms with E-state index in [2.05, 4.69) is 5.32 Å². The number of carbonyl (C=O) groups excluding carboxylic acids is 1. The molecule has 21 heavy (non-hydrogen) atoms. The Kier molecular flexibility index (Phi) is 4.32. The molecule has 2 rings (SSSR count). The molecule has 1 aliphatic rings. The van der Waals surface area contributed by atoms with E-state index >= 15 is 0 Å². The lowest BCUT2D eigenvalue weighted by Crippen LogP contribution is -2.32. The van der Waals surface area contributed by atoms with E-state index in [1.165, 1.54) is 6.07 Å². The third-order valence-electron chi connectivity index (χ3n) is 3.59. The number of hydrogen-bond donors (Lipinski definition) is 2. The van der Waals surface area contributed by atoms with Crippen LogP contribution in [0, 0.1) is 12.8 Å². The Labute approximate surface area is 123 Å². The van der Waals surface area contributed by atoms with Gasteiger partial charge in [0.1, 0.15) is 9.84 Å². The SMILES string of the molecule is Cc1ccc(NC(=O)C2CCS(=O)(=O)CC2)c(C(=O)O)c1. The smallest absolute Gasteiger partial charge is 0.337 e. The van der Waals surface area contributed by atoms with Gasteiger partial charge in [0.25, 0.3) is 0 Å². The summed E-state index contributed by atoms with van der Waals surface area (Å²) in [5, 5.41) is 11.8. The third-order valence-corrected chi connectivity index (χ3v) is 5.30. The van der Waals surface area contributed by atoms with Crippen LogP contribution in [0.3, 0.4) is 0 Å². The minimum Gasteiger partial charge on any atom is -0.478 e. The minimum absolute atomic E-state index is 0.00473. The summed E-state index contributed by atoms with van der Waals surface area (Å²) in [7, 11) is -3.02. The molecule has 7 heteroatoms. The van der Waals surface area contributed by atoms with Gasteiger partial charge >= 0.3 is 5.97 Å². The van der Waals surface area contributed by atoms with E-state index in [4.69, 9.17) is 5.11 Å². The third kappa shape index (κ3) is 3.81. The van der Waals surface area contributed by atoms with Gasteiger partial charge < -0.3 is 10.4 Å². The average Bonchev–Trinajstić information content (AvgIpc) is 2.40. The Balaban J connectivity index is 2.12. The molecule has 0 saturated carbocycles. The summed E-state index contributed by atoms with van der Waals surface area (Å²) in [4.78, 5) is 23.3. The maximum Gasteiger partial charge on any atom is 0.337 e. The molecule has 1 aliphatic heterocycles. The highest BCUT2D eigenvalue weighted by molar-refractivity contribution is 7.91. The molecule has 0 atom stereocenters. The van der Waals surface area contributed by atoms with Crippen molar-refractivity contribution in [3.05, 3.63) is 29.3 Å². The van der Waals surface area contributed by atoms with Gasteiger partial charge in [-0.25, -0.2) is 13.2 Å². The van der Waals surface area contributed by atoms with Crippen LogP contribution in [0.4, 0.5) is 5.69 Å². The molecule has 0 aliphatic carbocycles. The van der Waals surface area contributed by atoms with Crippen LogP contribution in [0.2, 0.25) is 0 Å². The predicted octanol–water partition coefficient (Wildman–Crippen LogP) is 1.46. The molecule has 1 fully saturated rings. The van der Waals surface area contributed by atoms with Crippen molar-refractivity contribution in [1.82, 2.24) is 0 Å². The lowest BCUT2D eigenvalue weighted by atomic mass is 10.0. The van der Waals surface area contributed by atoms with E-state index in [1.54, 1.807) is 19.1 Å². The highest BCUT2D eigenvalue weighted by Gasteiger charge is 2.29. The van der Waals surface area contributed by atoms with Crippen LogP contribution < -0.4 is 5.32 Å². The molecule has 0 spiro atoms.